The summed E-state index contributed by atoms with van der Waals surface area (Å²) in [5, 5.41) is 0. The first-order valence-corrected chi connectivity index (χ1v) is 6.87. The summed E-state index contributed by atoms with van der Waals surface area (Å²) < 4.78 is 12.9. The predicted octanol–water partition coefficient (Wildman–Crippen LogP) is 3.35. The van der Waals surface area contributed by atoms with Gasteiger partial charge in [0.25, 0.3) is 0 Å². The van der Waals surface area contributed by atoms with Crippen molar-refractivity contribution in [1.29, 1.82) is 0 Å². The van der Waals surface area contributed by atoms with Gasteiger partial charge in [0.05, 0.1) is 6.42 Å². The van der Waals surface area contributed by atoms with E-state index in [1.807, 2.05) is 23.1 Å². The third kappa shape index (κ3) is 2.57. The number of carbonyl (C=O) groups excluding carboxylic acids is 1. The van der Waals surface area contributed by atoms with Crippen molar-refractivity contribution in [3.05, 3.63) is 65.5 Å². The maximum Gasteiger partial charge on any atom is 0.231 e. The molecule has 0 N–H and O–H groups in total. The highest BCUT2D eigenvalue weighted by atomic mass is 19.1. The number of para-hydroxylation sites is 1. The predicted molar refractivity (Wildman–Crippen MR) is 77.2 cm³/mol. The molecular formula is C17H16FNO. The molecule has 0 spiro atoms. The molecule has 1 amide bonds. The molecule has 0 atom stereocenters. The lowest BCUT2D eigenvalue weighted by molar-refractivity contribution is -0.118. The molecule has 1 aliphatic rings. The van der Waals surface area contributed by atoms with Crippen LogP contribution < -0.4 is 4.90 Å². The van der Waals surface area contributed by atoms with E-state index in [1.165, 1.54) is 17.7 Å². The Labute approximate surface area is 117 Å². The number of carbonyl (C=O) groups is 1. The van der Waals surface area contributed by atoms with Gasteiger partial charge in [-0.15, -0.1) is 0 Å². The summed E-state index contributed by atoms with van der Waals surface area (Å²) >= 11 is 0. The number of hydrogen-bond acceptors (Lipinski definition) is 1. The molecule has 2 aromatic carbocycles. The number of hydrogen-bond donors (Lipinski definition) is 0. The monoisotopic (exact) mass is 269 g/mol. The van der Waals surface area contributed by atoms with Crippen LogP contribution in [-0.4, -0.2) is 12.5 Å². The van der Waals surface area contributed by atoms with Crippen molar-refractivity contribution in [2.75, 3.05) is 11.4 Å². The van der Waals surface area contributed by atoms with Gasteiger partial charge in [0.15, 0.2) is 0 Å². The molecule has 0 saturated carbocycles. The summed E-state index contributed by atoms with van der Waals surface area (Å²) in [6.07, 6.45) is 2.33. The van der Waals surface area contributed by atoms with E-state index in [9.17, 15) is 9.18 Å². The first-order chi connectivity index (χ1) is 9.74. The highest BCUT2D eigenvalue weighted by Gasteiger charge is 2.21. The molecule has 3 rings (SSSR count). The van der Waals surface area contributed by atoms with E-state index in [0.717, 1.165) is 30.6 Å². The van der Waals surface area contributed by atoms with Crippen molar-refractivity contribution < 1.29 is 9.18 Å². The van der Waals surface area contributed by atoms with Gasteiger partial charge in [-0.1, -0.05) is 30.3 Å². The van der Waals surface area contributed by atoms with E-state index in [1.54, 1.807) is 12.1 Å². The van der Waals surface area contributed by atoms with Gasteiger partial charge in [-0.3, -0.25) is 4.79 Å². The van der Waals surface area contributed by atoms with Gasteiger partial charge in [-0.2, -0.15) is 0 Å². The topological polar surface area (TPSA) is 20.3 Å². The maximum atomic E-state index is 12.9. The summed E-state index contributed by atoms with van der Waals surface area (Å²) in [7, 11) is 0. The van der Waals surface area contributed by atoms with Crippen LogP contribution in [0.4, 0.5) is 10.1 Å². The quantitative estimate of drug-likeness (QED) is 0.818. The fourth-order valence-corrected chi connectivity index (χ4v) is 2.66. The standard InChI is InChI=1S/C17H16FNO/c18-15-9-7-13(8-10-15)12-17(20)19-11-3-5-14-4-1-2-6-16(14)19/h1-2,4,6-10H,3,5,11-12H2. The minimum Gasteiger partial charge on any atom is -0.312 e. The molecule has 0 bridgehead atoms. The van der Waals surface area contributed by atoms with Crippen molar-refractivity contribution in [2.24, 2.45) is 0 Å². The average molecular weight is 269 g/mol. The fraction of sp³-hybridized carbons (Fsp3) is 0.235. The maximum absolute atomic E-state index is 12.9. The number of rotatable bonds is 2. The van der Waals surface area contributed by atoms with E-state index in [0.29, 0.717) is 6.42 Å². The highest BCUT2D eigenvalue weighted by molar-refractivity contribution is 5.95. The third-order valence-electron chi connectivity index (χ3n) is 3.68. The number of benzene rings is 2. The molecule has 2 aromatic rings. The zero-order valence-electron chi connectivity index (χ0n) is 11.2. The zero-order valence-corrected chi connectivity index (χ0v) is 11.2. The van der Waals surface area contributed by atoms with Crippen molar-refractivity contribution in [1.82, 2.24) is 0 Å². The van der Waals surface area contributed by atoms with Crippen molar-refractivity contribution in [2.45, 2.75) is 19.3 Å². The van der Waals surface area contributed by atoms with E-state index in [-0.39, 0.29) is 11.7 Å². The lowest BCUT2D eigenvalue weighted by Gasteiger charge is -2.29. The summed E-state index contributed by atoms with van der Waals surface area (Å²) in [6, 6.07) is 14.2. The average Bonchev–Trinajstić information content (AvgIpc) is 2.49. The smallest absolute Gasteiger partial charge is 0.231 e. The Morgan fingerprint density at radius 2 is 1.85 bits per heavy atom. The molecule has 0 radical (unpaired) electrons. The van der Waals surface area contributed by atoms with Crippen LogP contribution in [-0.2, 0) is 17.6 Å². The van der Waals surface area contributed by atoms with Gasteiger partial charge in [-0.05, 0) is 42.2 Å². The normalized spacial score (nSPS) is 13.9. The summed E-state index contributed by atoms with van der Waals surface area (Å²) in [5.41, 5.74) is 3.09. The first kappa shape index (κ1) is 12.9. The number of amides is 1. The van der Waals surface area contributed by atoms with Crippen LogP contribution in [0, 0.1) is 5.82 Å². The Balaban J connectivity index is 1.80. The number of halogens is 1. The third-order valence-corrected chi connectivity index (χ3v) is 3.68. The molecule has 0 fully saturated rings. The molecule has 0 aliphatic carbocycles. The summed E-state index contributed by atoms with van der Waals surface area (Å²) in [5.74, 6) is -0.201. The molecule has 3 heteroatoms. The molecule has 0 saturated heterocycles. The van der Waals surface area contributed by atoms with Gasteiger partial charge in [0, 0.05) is 12.2 Å². The molecular weight excluding hydrogens is 253 g/mol. The summed E-state index contributed by atoms with van der Waals surface area (Å²) in [4.78, 5) is 14.3. The molecule has 20 heavy (non-hydrogen) atoms. The second-order valence-electron chi connectivity index (χ2n) is 5.08. The van der Waals surface area contributed by atoms with Crippen molar-refractivity contribution >= 4 is 11.6 Å². The fourth-order valence-electron chi connectivity index (χ4n) is 2.66. The number of anilines is 1. The SMILES string of the molecule is O=C(Cc1ccc(F)cc1)N1CCCc2ccccc21. The van der Waals surface area contributed by atoms with E-state index in [4.69, 9.17) is 0 Å². The van der Waals surface area contributed by atoms with E-state index in [2.05, 4.69) is 6.07 Å². The van der Waals surface area contributed by atoms with Crippen LogP contribution in [0.2, 0.25) is 0 Å². The van der Waals surface area contributed by atoms with Crippen LogP contribution in [0.3, 0.4) is 0 Å². The van der Waals surface area contributed by atoms with E-state index < -0.39 is 0 Å². The van der Waals surface area contributed by atoms with Gasteiger partial charge >= 0.3 is 0 Å². The van der Waals surface area contributed by atoms with Gasteiger partial charge < -0.3 is 4.90 Å². The number of fused-ring (bicyclic) bond motifs is 1. The van der Waals surface area contributed by atoms with Crippen molar-refractivity contribution in [3.63, 3.8) is 0 Å². The molecule has 102 valence electrons. The molecule has 1 aliphatic heterocycles. The van der Waals surface area contributed by atoms with Crippen LogP contribution >= 0.6 is 0 Å². The zero-order chi connectivity index (χ0) is 13.9. The molecule has 0 aromatic heterocycles. The van der Waals surface area contributed by atoms with Gasteiger partial charge in [0.1, 0.15) is 5.82 Å². The Bertz CT molecular complexity index is 621. The first-order valence-electron chi connectivity index (χ1n) is 6.87. The Morgan fingerprint density at radius 3 is 2.65 bits per heavy atom. The summed E-state index contributed by atoms with van der Waals surface area (Å²) in [6.45, 7) is 0.761. The highest BCUT2D eigenvalue weighted by Crippen LogP contribution is 2.27. The van der Waals surface area contributed by atoms with Crippen LogP contribution in [0.5, 0.6) is 0 Å². The minimum atomic E-state index is -0.274. The Kier molecular flexibility index (Phi) is 3.50. The number of nitrogens with zero attached hydrogens (tertiary/aromatic N) is 1. The van der Waals surface area contributed by atoms with E-state index >= 15 is 0 Å². The molecule has 1 heterocycles. The second kappa shape index (κ2) is 5.45. The molecule has 2 nitrogen and oxygen atoms in total. The van der Waals surface area contributed by atoms with Crippen molar-refractivity contribution in [3.8, 4) is 0 Å². The minimum absolute atomic E-state index is 0.0729. The number of aryl methyl sites for hydroxylation is 1. The Hall–Kier alpha value is -2.16. The van der Waals surface area contributed by atoms with Crippen LogP contribution in [0.25, 0.3) is 0 Å². The lowest BCUT2D eigenvalue weighted by atomic mass is 10.0. The van der Waals surface area contributed by atoms with Crippen LogP contribution in [0.15, 0.2) is 48.5 Å². The second-order valence-corrected chi connectivity index (χ2v) is 5.08. The lowest BCUT2D eigenvalue weighted by Crippen LogP contribution is -2.36. The van der Waals surface area contributed by atoms with Crippen LogP contribution in [0.1, 0.15) is 17.5 Å². The van der Waals surface area contributed by atoms with Gasteiger partial charge in [0.2, 0.25) is 5.91 Å². The Morgan fingerprint density at radius 1 is 1.10 bits per heavy atom. The largest absolute Gasteiger partial charge is 0.312 e. The molecule has 0 unspecified atom stereocenters. The van der Waals surface area contributed by atoms with Gasteiger partial charge in [-0.25, -0.2) is 4.39 Å².